The second kappa shape index (κ2) is 6.46. The van der Waals surface area contributed by atoms with E-state index < -0.39 is 0 Å². The molecule has 1 aliphatic rings. The molecule has 0 aliphatic carbocycles. The predicted octanol–water partition coefficient (Wildman–Crippen LogP) is 2.94. The van der Waals surface area contributed by atoms with Crippen LogP contribution in [0.5, 0.6) is 11.5 Å². The van der Waals surface area contributed by atoms with Crippen molar-refractivity contribution in [3.05, 3.63) is 23.3 Å². The molecule has 0 saturated carbocycles. The molecule has 122 valence electrons. The molecule has 0 N–H and O–H groups in total. The van der Waals surface area contributed by atoms with E-state index in [0.717, 1.165) is 24.3 Å². The van der Waals surface area contributed by atoms with Crippen molar-refractivity contribution in [2.75, 3.05) is 34.9 Å². The Morgan fingerprint density at radius 2 is 1.82 bits per heavy atom. The summed E-state index contributed by atoms with van der Waals surface area (Å²) < 4.78 is 10.8. The van der Waals surface area contributed by atoms with Gasteiger partial charge in [0.05, 0.1) is 20.3 Å². The lowest BCUT2D eigenvalue weighted by atomic mass is 9.86. The fraction of sp³-hybridized carbons (Fsp3) is 0.588. The van der Waals surface area contributed by atoms with Gasteiger partial charge in [0.15, 0.2) is 11.5 Å². The largest absolute Gasteiger partial charge is 0.493 e. The summed E-state index contributed by atoms with van der Waals surface area (Å²) in [5.74, 6) is 1.78. The van der Waals surface area contributed by atoms with Crippen LogP contribution in [-0.2, 0) is 6.42 Å². The SMILES string of the molecule is COc1cc2c(cc1OC)C(C(C)C)N(C(=O)N(C)C)CC2. The van der Waals surface area contributed by atoms with E-state index in [0.29, 0.717) is 11.7 Å². The van der Waals surface area contributed by atoms with Gasteiger partial charge >= 0.3 is 6.03 Å². The molecule has 0 aromatic heterocycles. The van der Waals surface area contributed by atoms with Crippen molar-refractivity contribution in [2.24, 2.45) is 5.92 Å². The molecular formula is C17H26N2O3. The molecule has 22 heavy (non-hydrogen) atoms. The minimum atomic E-state index is 0.0541. The van der Waals surface area contributed by atoms with Gasteiger partial charge in [-0.05, 0) is 35.6 Å². The van der Waals surface area contributed by atoms with Crippen LogP contribution >= 0.6 is 0 Å². The van der Waals surface area contributed by atoms with Gasteiger partial charge in [-0.1, -0.05) is 13.8 Å². The molecule has 1 aromatic rings. The number of hydrogen-bond acceptors (Lipinski definition) is 3. The average Bonchev–Trinajstić information content (AvgIpc) is 2.50. The lowest BCUT2D eigenvalue weighted by molar-refractivity contribution is 0.126. The Bertz CT molecular complexity index is 555. The zero-order valence-corrected chi connectivity index (χ0v) is 14.3. The molecule has 1 atom stereocenters. The Morgan fingerprint density at radius 3 is 2.32 bits per heavy atom. The fourth-order valence-electron chi connectivity index (χ4n) is 3.17. The number of hydrogen-bond donors (Lipinski definition) is 0. The molecule has 0 fully saturated rings. The molecule has 5 nitrogen and oxygen atoms in total. The maximum Gasteiger partial charge on any atom is 0.320 e. The van der Waals surface area contributed by atoms with Crippen molar-refractivity contribution in [3.63, 3.8) is 0 Å². The number of carbonyl (C=O) groups is 1. The third-order valence-corrected chi connectivity index (χ3v) is 4.18. The maximum absolute atomic E-state index is 12.5. The number of amides is 2. The summed E-state index contributed by atoms with van der Waals surface area (Å²) in [5.41, 5.74) is 2.40. The van der Waals surface area contributed by atoms with Crippen molar-refractivity contribution >= 4 is 6.03 Å². The summed E-state index contributed by atoms with van der Waals surface area (Å²) in [4.78, 5) is 16.1. The lowest BCUT2D eigenvalue weighted by Gasteiger charge is -2.41. The first-order valence-electron chi connectivity index (χ1n) is 7.63. The van der Waals surface area contributed by atoms with Gasteiger partial charge in [-0.3, -0.25) is 0 Å². The molecule has 1 heterocycles. The molecule has 5 heteroatoms. The molecule has 0 radical (unpaired) electrons. The molecule has 2 amide bonds. The topological polar surface area (TPSA) is 42.0 Å². The highest BCUT2D eigenvalue weighted by Gasteiger charge is 2.34. The monoisotopic (exact) mass is 306 g/mol. The zero-order valence-electron chi connectivity index (χ0n) is 14.3. The third kappa shape index (κ3) is 2.85. The molecule has 1 unspecified atom stereocenters. The molecule has 0 spiro atoms. The Balaban J connectivity index is 2.50. The fourth-order valence-corrected chi connectivity index (χ4v) is 3.17. The van der Waals surface area contributed by atoms with Crippen LogP contribution in [0.1, 0.15) is 31.0 Å². The smallest absolute Gasteiger partial charge is 0.320 e. The highest BCUT2D eigenvalue weighted by molar-refractivity contribution is 5.75. The summed E-state index contributed by atoms with van der Waals surface area (Å²) in [6.45, 7) is 5.02. The van der Waals surface area contributed by atoms with E-state index >= 15 is 0 Å². The normalized spacial score (nSPS) is 17.2. The molecular weight excluding hydrogens is 280 g/mol. The van der Waals surface area contributed by atoms with Crippen LogP contribution in [0.2, 0.25) is 0 Å². The summed E-state index contributed by atoms with van der Waals surface area (Å²) in [6, 6.07) is 4.17. The minimum absolute atomic E-state index is 0.0541. The number of benzene rings is 1. The van der Waals surface area contributed by atoms with Crippen molar-refractivity contribution < 1.29 is 14.3 Å². The summed E-state index contributed by atoms with van der Waals surface area (Å²) >= 11 is 0. The van der Waals surface area contributed by atoms with Crippen LogP contribution < -0.4 is 9.47 Å². The molecule has 1 aromatic carbocycles. The van der Waals surface area contributed by atoms with E-state index in [1.165, 1.54) is 5.56 Å². The Morgan fingerprint density at radius 1 is 1.23 bits per heavy atom. The molecule has 1 aliphatic heterocycles. The number of fused-ring (bicyclic) bond motifs is 1. The van der Waals surface area contributed by atoms with Crippen molar-refractivity contribution in [2.45, 2.75) is 26.3 Å². The Kier molecular flexibility index (Phi) is 4.84. The van der Waals surface area contributed by atoms with Crippen molar-refractivity contribution in [1.82, 2.24) is 9.80 Å². The van der Waals surface area contributed by atoms with E-state index in [9.17, 15) is 4.79 Å². The standard InChI is InChI=1S/C17H26N2O3/c1-11(2)16-13-10-15(22-6)14(21-5)9-12(13)7-8-19(16)17(20)18(3)4/h9-11,16H,7-8H2,1-6H3. The first-order valence-corrected chi connectivity index (χ1v) is 7.63. The first kappa shape index (κ1) is 16.5. The van der Waals surface area contributed by atoms with E-state index in [4.69, 9.17) is 9.47 Å². The second-order valence-electron chi connectivity index (χ2n) is 6.22. The van der Waals surface area contributed by atoms with Gasteiger partial charge < -0.3 is 19.3 Å². The summed E-state index contributed by atoms with van der Waals surface area (Å²) in [7, 11) is 6.88. The van der Waals surface area contributed by atoms with Gasteiger partial charge in [-0.25, -0.2) is 4.79 Å². The van der Waals surface area contributed by atoms with Crippen LogP contribution in [0.3, 0.4) is 0 Å². The Hall–Kier alpha value is -1.91. The van der Waals surface area contributed by atoms with Crippen molar-refractivity contribution in [1.29, 1.82) is 0 Å². The molecule has 0 bridgehead atoms. The Labute approximate surface area is 132 Å². The number of nitrogens with zero attached hydrogens (tertiary/aromatic N) is 2. The lowest BCUT2D eigenvalue weighted by Crippen LogP contribution is -2.46. The minimum Gasteiger partial charge on any atom is -0.493 e. The predicted molar refractivity (Wildman–Crippen MR) is 86.6 cm³/mol. The quantitative estimate of drug-likeness (QED) is 0.862. The van der Waals surface area contributed by atoms with Gasteiger partial charge in [0.1, 0.15) is 0 Å². The number of rotatable bonds is 3. The first-order chi connectivity index (χ1) is 10.4. The van der Waals surface area contributed by atoms with Gasteiger partial charge in [-0.15, -0.1) is 0 Å². The van der Waals surface area contributed by atoms with Gasteiger partial charge in [0.25, 0.3) is 0 Å². The highest BCUT2D eigenvalue weighted by atomic mass is 16.5. The number of ether oxygens (including phenoxy) is 2. The zero-order chi connectivity index (χ0) is 16.4. The van der Waals surface area contributed by atoms with Gasteiger partial charge in [-0.2, -0.15) is 0 Å². The maximum atomic E-state index is 12.5. The van der Waals surface area contributed by atoms with Crippen LogP contribution in [0, 0.1) is 5.92 Å². The van der Waals surface area contributed by atoms with E-state index in [2.05, 4.69) is 13.8 Å². The highest BCUT2D eigenvalue weighted by Crippen LogP contribution is 2.41. The molecule has 0 saturated heterocycles. The van der Waals surface area contributed by atoms with E-state index in [1.807, 2.05) is 17.0 Å². The van der Waals surface area contributed by atoms with E-state index in [-0.39, 0.29) is 12.1 Å². The van der Waals surface area contributed by atoms with E-state index in [1.54, 1.807) is 33.2 Å². The number of methoxy groups -OCH3 is 2. The van der Waals surface area contributed by atoms with Crippen LogP contribution in [0.15, 0.2) is 12.1 Å². The third-order valence-electron chi connectivity index (χ3n) is 4.18. The molecule has 2 rings (SSSR count). The average molecular weight is 306 g/mol. The van der Waals surface area contributed by atoms with Crippen LogP contribution in [0.4, 0.5) is 4.79 Å². The summed E-state index contributed by atoms with van der Waals surface area (Å²) in [5, 5.41) is 0. The summed E-state index contributed by atoms with van der Waals surface area (Å²) in [6.07, 6.45) is 0.832. The number of urea groups is 1. The van der Waals surface area contributed by atoms with Crippen LogP contribution in [-0.4, -0.2) is 50.7 Å². The van der Waals surface area contributed by atoms with Gasteiger partial charge in [0, 0.05) is 20.6 Å². The van der Waals surface area contributed by atoms with Crippen LogP contribution in [0.25, 0.3) is 0 Å². The second-order valence-corrected chi connectivity index (χ2v) is 6.22. The van der Waals surface area contributed by atoms with Crippen molar-refractivity contribution in [3.8, 4) is 11.5 Å². The van der Waals surface area contributed by atoms with Gasteiger partial charge in [0.2, 0.25) is 0 Å². The number of carbonyl (C=O) groups excluding carboxylic acids is 1.